The third-order valence-corrected chi connectivity index (χ3v) is 6.48. The van der Waals surface area contributed by atoms with E-state index >= 15 is 0 Å². The number of ether oxygens (including phenoxy) is 1. The van der Waals surface area contributed by atoms with Crippen molar-refractivity contribution in [3.05, 3.63) is 59.9 Å². The normalized spacial score (nSPS) is 10.6. The number of carboxylic acids is 1. The fourth-order valence-electron chi connectivity index (χ4n) is 4.10. The van der Waals surface area contributed by atoms with Gasteiger partial charge in [0.05, 0.1) is 12.3 Å². The topological polar surface area (TPSA) is 127 Å². The molecule has 0 aliphatic rings. The third-order valence-electron chi connectivity index (χ3n) is 6.48. The van der Waals surface area contributed by atoms with Gasteiger partial charge in [-0.15, -0.1) is 0 Å². The minimum Gasteiger partial charge on any atom is -0.481 e. The van der Waals surface area contributed by atoms with Crippen LogP contribution < -0.4 is 16.4 Å². The van der Waals surface area contributed by atoms with Gasteiger partial charge in [0.15, 0.2) is 0 Å². The van der Waals surface area contributed by atoms with Crippen LogP contribution in [-0.4, -0.2) is 28.8 Å². The van der Waals surface area contributed by atoms with Crippen LogP contribution in [0, 0.1) is 5.82 Å². The molecule has 0 bridgehead atoms. The number of carboxylic acid groups (broad SMARTS) is 1. The molecule has 0 saturated carbocycles. The van der Waals surface area contributed by atoms with E-state index in [1.54, 1.807) is 31.2 Å². The number of aliphatic carboxylic acids is 1. The maximum absolute atomic E-state index is 12.8. The number of rotatable bonds is 20. The average molecular weight is 587 g/mol. The number of halogens is 1. The molecule has 1 heterocycles. The summed E-state index contributed by atoms with van der Waals surface area (Å²) in [7, 11) is 0. The Morgan fingerprint density at radius 2 is 1.48 bits per heavy atom. The second-order valence-corrected chi connectivity index (χ2v) is 10.2. The SMILES string of the molecule is CCCCCCCCC=CCCCCCCCC(=O)O.CCOC(=O)Nc1ccc(NCc2ccc(F)cc2)nc1N. The predicted molar refractivity (Wildman–Crippen MR) is 170 cm³/mol. The molecule has 234 valence electrons. The molecule has 0 atom stereocenters. The third kappa shape index (κ3) is 19.5. The van der Waals surface area contributed by atoms with Gasteiger partial charge in [-0.1, -0.05) is 82.6 Å². The zero-order valence-corrected chi connectivity index (χ0v) is 25.5. The van der Waals surface area contributed by atoms with Crippen LogP contribution >= 0.6 is 0 Å². The first-order chi connectivity index (χ1) is 20.3. The molecule has 2 rings (SSSR count). The van der Waals surface area contributed by atoms with Crippen LogP contribution in [0.1, 0.15) is 109 Å². The zero-order chi connectivity index (χ0) is 30.8. The Morgan fingerprint density at radius 3 is 2.05 bits per heavy atom. The summed E-state index contributed by atoms with van der Waals surface area (Å²) in [4.78, 5) is 25.8. The van der Waals surface area contributed by atoms with Crippen molar-refractivity contribution >= 4 is 29.4 Å². The second kappa shape index (κ2) is 24.0. The highest BCUT2D eigenvalue weighted by molar-refractivity contribution is 5.88. The van der Waals surface area contributed by atoms with E-state index in [4.69, 9.17) is 15.6 Å². The van der Waals surface area contributed by atoms with Crippen LogP contribution in [-0.2, 0) is 16.1 Å². The van der Waals surface area contributed by atoms with E-state index < -0.39 is 12.1 Å². The maximum atomic E-state index is 12.8. The Bertz CT molecular complexity index is 1030. The van der Waals surface area contributed by atoms with E-state index in [0.717, 1.165) is 18.4 Å². The van der Waals surface area contributed by atoms with E-state index in [9.17, 15) is 14.0 Å². The van der Waals surface area contributed by atoms with Crippen molar-refractivity contribution in [2.24, 2.45) is 0 Å². The molecular formula is C33H51FN4O4. The van der Waals surface area contributed by atoms with Gasteiger partial charge in [-0.2, -0.15) is 0 Å². The molecule has 1 aromatic carbocycles. The molecule has 0 aliphatic heterocycles. The van der Waals surface area contributed by atoms with Crippen molar-refractivity contribution in [3.63, 3.8) is 0 Å². The summed E-state index contributed by atoms with van der Waals surface area (Å²) >= 11 is 0. The summed E-state index contributed by atoms with van der Waals surface area (Å²) in [6.07, 6.45) is 20.7. The predicted octanol–water partition coefficient (Wildman–Crippen LogP) is 9.09. The summed E-state index contributed by atoms with van der Waals surface area (Å²) in [5.41, 5.74) is 7.08. The fraction of sp³-hybridized carbons (Fsp3) is 0.545. The van der Waals surface area contributed by atoms with Crippen LogP contribution in [0.3, 0.4) is 0 Å². The van der Waals surface area contributed by atoms with Crippen molar-refractivity contribution in [1.82, 2.24) is 4.98 Å². The first kappa shape index (κ1) is 36.4. The van der Waals surface area contributed by atoms with Crippen molar-refractivity contribution in [3.8, 4) is 0 Å². The second-order valence-electron chi connectivity index (χ2n) is 10.2. The number of unbranched alkanes of at least 4 members (excludes halogenated alkanes) is 11. The fourth-order valence-corrected chi connectivity index (χ4v) is 4.10. The number of nitrogens with zero attached hydrogens (tertiary/aromatic N) is 1. The summed E-state index contributed by atoms with van der Waals surface area (Å²) in [6.45, 7) is 4.73. The van der Waals surface area contributed by atoms with E-state index in [-0.39, 0.29) is 18.2 Å². The van der Waals surface area contributed by atoms with Crippen LogP contribution in [0.4, 0.5) is 26.5 Å². The van der Waals surface area contributed by atoms with Crippen LogP contribution in [0.2, 0.25) is 0 Å². The van der Waals surface area contributed by atoms with Gasteiger partial charge in [0.2, 0.25) is 0 Å². The molecular weight excluding hydrogens is 535 g/mol. The van der Waals surface area contributed by atoms with Gasteiger partial charge in [0.1, 0.15) is 17.5 Å². The highest BCUT2D eigenvalue weighted by Gasteiger charge is 2.07. The molecule has 1 amide bonds. The number of amides is 1. The molecule has 1 aromatic heterocycles. The number of carbonyl (C=O) groups is 2. The maximum Gasteiger partial charge on any atom is 0.411 e. The van der Waals surface area contributed by atoms with Crippen molar-refractivity contribution in [1.29, 1.82) is 0 Å². The lowest BCUT2D eigenvalue weighted by Crippen LogP contribution is -2.15. The van der Waals surface area contributed by atoms with Gasteiger partial charge in [-0.3, -0.25) is 10.1 Å². The molecule has 0 radical (unpaired) electrons. The summed E-state index contributed by atoms with van der Waals surface area (Å²) < 4.78 is 17.6. The van der Waals surface area contributed by atoms with Crippen LogP contribution in [0.5, 0.6) is 0 Å². The smallest absolute Gasteiger partial charge is 0.411 e. The standard InChI is InChI=1S/C18H34O2.C15H17FN4O2/c1-2-3-4-5-6-7-8-9-10-11-12-13-14-15-16-17-18(19)20;1-2-22-15(21)19-12-7-8-13(20-14(12)17)18-9-10-3-5-11(16)6-4-10/h9-10H,2-8,11-17H2,1H3,(H,19,20);3-8H,2,9H2,1H3,(H,19,21)(H3,17,18,20). The summed E-state index contributed by atoms with van der Waals surface area (Å²) in [5.74, 6) is -0.212. The molecule has 0 unspecified atom stereocenters. The molecule has 2 aromatic rings. The van der Waals surface area contributed by atoms with Gasteiger partial charge in [-0.05, 0) is 68.9 Å². The molecule has 8 nitrogen and oxygen atoms in total. The number of nitrogens with two attached hydrogens (primary N) is 1. The number of carbonyl (C=O) groups excluding carboxylic acids is 1. The van der Waals surface area contributed by atoms with Gasteiger partial charge in [-0.25, -0.2) is 14.2 Å². The number of hydrogen-bond donors (Lipinski definition) is 4. The molecule has 5 N–H and O–H groups in total. The number of nitrogen functional groups attached to an aromatic ring is 1. The lowest BCUT2D eigenvalue weighted by atomic mass is 10.1. The number of hydrogen-bond acceptors (Lipinski definition) is 6. The van der Waals surface area contributed by atoms with Crippen LogP contribution in [0.15, 0.2) is 48.6 Å². The highest BCUT2D eigenvalue weighted by atomic mass is 19.1. The van der Waals surface area contributed by atoms with E-state index in [2.05, 4.69) is 34.7 Å². The first-order valence-electron chi connectivity index (χ1n) is 15.4. The van der Waals surface area contributed by atoms with E-state index in [0.29, 0.717) is 24.5 Å². The molecule has 9 heteroatoms. The molecule has 42 heavy (non-hydrogen) atoms. The number of anilines is 3. The van der Waals surface area contributed by atoms with Crippen molar-refractivity contribution in [2.75, 3.05) is 23.0 Å². The molecule has 0 fully saturated rings. The number of benzene rings is 1. The van der Waals surface area contributed by atoms with Crippen LogP contribution in [0.25, 0.3) is 0 Å². The largest absolute Gasteiger partial charge is 0.481 e. The van der Waals surface area contributed by atoms with E-state index in [1.807, 2.05) is 0 Å². The van der Waals surface area contributed by atoms with E-state index in [1.165, 1.54) is 82.8 Å². The Kier molecular flexibility index (Phi) is 20.8. The Balaban J connectivity index is 0.000000423. The number of aromatic nitrogens is 1. The average Bonchev–Trinajstić information content (AvgIpc) is 2.96. The van der Waals surface area contributed by atoms with Gasteiger partial charge < -0.3 is 20.9 Å². The Hall–Kier alpha value is -3.62. The molecule has 0 saturated heterocycles. The number of pyridine rings is 1. The first-order valence-corrected chi connectivity index (χ1v) is 15.4. The lowest BCUT2D eigenvalue weighted by molar-refractivity contribution is -0.137. The molecule has 0 spiro atoms. The zero-order valence-electron chi connectivity index (χ0n) is 25.5. The lowest BCUT2D eigenvalue weighted by Gasteiger charge is -2.10. The van der Waals surface area contributed by atoms with Gasteiger partial charge in [0, 0.05) is 13.0 Å². The van der Waals surface area contributed by atoms with Gasteiger partial charge >= 0.3 is 12.1 Å². The Labute approximate surface area is 251 Å². The quantitative estimate of drug-likeness (QED) is 0.0900. The summed E-state index contributed by atoms with van der Waals surface area (Å²) in [5, 5.41) is 14.1. The van der Waals surface area contributed by atoms with Crippen molar-refractivity contribution < 1.29 is 23.8 Å². The van der Waals surface area contributed by atoms with Gasteiger partial charge in [0.25, 0.3) is 0 Å². The molecule has 0 aliphatic carbocycles. The number of allylic oxidation sites excluding steroid dienone is 2. The minimum atomic E-state index is -0.664. The Morgan fingerprint density at radius 1 is 0.881 bits per heavy atom. The number of nitrogens with one attached hydrogen (secondary N) is 2. The minimum absolute atomic E-state index is 0.178. The highest BCUT2D eigenvalue weighted by Crippen LogP contribution is 2.19. The summed E-state index contributed by atoms with van der Waals surface area (Å²) in [6, 6.07) is 9.47. The monoisotopic (exact) mass is 586 g/mol. The van der Waals surface area contributed by atoms with Crippen molar-refractivity contribution in [2.45, 2.75) is 110 Å².